The Hall–Kier alpha value is -12.8. The number of aromatic nitrogens is 2. The minimum absolute atomic E-state index is 0.00212. The molecule has 0 saturated carbocycles. The average Bonchev–Trinajstić information content (AvgIpc) is 1.60. The third kappa shape index (κ3) is 29.1. The third-order valence-corrected chi connectivity index (χ3v) is 25.0. The molecule has 42 nitrogen and oxygen atoms in total. The molecule has 8 rings (SSSR count). The average molecular weight is 1860 g/mol. The second-order valence-corrected chi connectivity index (χ2v) is 35.3. The van der Waals surface area contributed by atoms with E-state index in [0.717, 1.165) is 31.4 Å². The van der Waals surface area contributed by atoms with Gasteiger partial charge in [0.25, 0.3) is 0 Å². The smallest absolute Gasteiger partial charge is 0.246 e. The van der Waals surface area contributed by atoms with E-state index in [4.69, 9.17) is 34.1 Å². The Balaban J connectivity index is 1.19. The number of anilines is 1. The van der Waals surface area contributed by atoms with E-state index in [1.807, 2.05) is 13.8 Å². The minimum Gasteiger partial charge on any atom is -0.399 e. The number of aromatic amines is 2. The number of nitrogens with zero attached hydrogens (tertiary/aromatic N) is 5. The first-order valence-corrected chi connectivity index (χ1v) is 45.7. The molecule has 0 radical (unpaired) electrons. The van der Waals surface area contributed by atoms with Crippen LogP contribution in [0.4, 0.5) is 5.69 Å². The molecule has 43 heteroatoms. The molecule has 15 atom stereocenters. The molecular weight excluding hydrogens is 1730 g/mol. The maximum absolute atomic E-state index is 15.7. The summed E-state index contributed by atoms with van der Waals surface area (Å²) < 4.78 is 0. The number of rotatable bonds is 25. The Morgan fingerprint density at radius 1 is 0.561 bits per heavy atom. The zero-order chi connectivity index (χ0) is 96.9. The molecule has 3 aromatic carbocycles. The fraction of sp³-hybridized carbons (Fsp3) is 0.551. The lowest BCUT2D eigenvalue weighted by Gasteiger charge is -2.36. The van der Waals surface area contributed by atoms with Gasteiger partial charge in [0.15, 0.2) is 11.7 Å². The Morgan fingerprint density at radius 2 is 1.09 bits per heavy atom. The number of amides is 16. The monoisotopic (exact) mass is 1860 g/mol. The van der Waals surface area contributed by atoms with Gasteiger partial charge in [0, 0.05) is 125 Å². The van der Waals surface area contributed by atoms with Gasteiger partial charge in [-0.2, -0.15) is 11.8 Å². The molecular formula is C89H129N23O19S. The summed E-state index contributed by atoms with van der Waals surface area (Å²) in [5.74, 6) is -18.5. The van der Waals surface area contributed by atoms with Crippen molar-refractivity contribution in [1.29, 1.82) is 5.41 Å². The van der Waals surface area contributed by atoms with E-state index in [1.165, 1.54) is 33.0 Å². The van der Waals surface area contributed by atoms with Gasteiger partial charge in [-0.25, -0.2) is 0 Å². The third-order valence-electron chi connectivity index (χ3n) is 23.9. The van der Waals surface area contributed by atoms with Gasteiger partial charge >= 0.3 is 0 Å². The Labute approximate surface area is 769 Å². The highest BCUT2D eigenvalue weighted by molar-refractivity contribution is 7.99. The SMILES string of the molecule is CCCC[C@H]1C(=O)N(C)[C@@H](CCCC)C(=O)N[C@@H](CCCNC(=N)N)C(=O)C[C@H](C(=O)NCC(N)=O)CSCC(=O)N[C@@H](Cc2ccc(N)cc2)C(=O)N(C)[C@@H](C)C(=O)N[C@@H](CC(N)=O)C(=O)N2CCC[C@H]2C(=O)N[C@@H](CN)C(=O)N[C@@H](CC(C)C)C(=O)N2C[C@H](O)C[C@H]2C(=O)N[C@@H](Cc2c[nH]c3ccccc23)C(=O)N[C@@H](CO)C(=O)N[C@@H](Cc2c[nH]c3ccccc23)C(=O)N1C. The van der Waals surface area contributed by atoms with E-state index in [1.54, 1.807) is 99.0 Å². The number of nitrogens with two attached hydrogens (primary N) is 5. The van der Waals surface area contributed by atoms with Gasteiger partial charge in [-0.3, -0.25) is 86.9 Å². The van der Waals surface area contributed by atoms with Crippen LogP contribution in [0.3, 0.4) is 0 Å². The summed E-state index contributed by atoms with van der Waals surface area (Å²) in [6.07, 6.45) is 0.976. The van der Waals surface area contributed by atoms with E-state index >= 15 is 38.4 Å². The van der Waals surface area contributed by atoms with Crippen LogP contribution in [0.25, 0.3) is 21.8 Å². The molecule has 5 heterocycles. The molecule has 0 bridgehead atoms. The lowest BCUT2D eigenvalue weighted by Crippen LogP contribution is -2.62. The van der Waals surface area contributed by atoms with Crippen molar-refractivity contribution in [2.24, 2.45) is 34.8 Å². The highest BCUT2D eigenvalue weighted by atomic mass is 32.2. The predicted octanol–water partition coefficient (Wildman–Crippen LogP) is -2.97. The van der Waals surface area contributed by atoms with Gasteiger partial charge < -0.3 is 127 Å². The van der Waals surface area contributed by atoms with Crippen LogP contribution >= 0.6 is 11.8 Å². The lowest BCUT2D eigenvalue weighted by molar-refractivity contribution is -0.149. The van der Waals surface area contributed by atoms with Crippen LogP contribution in [0.15, 0.2) is 85.2 Å². The number of nitrogen functional groups attached to an aromatic ring is 1. The number of thioether (sulfide) groups is 1. The number of fused-ring (bicyclic) bond motifs is 4. The van der Waals surface area contributed by atoms with E-state index in [2.05, 4.69) is 63.1 Å². The molecule has 0 spiro atoms. The summed E-state index contributed by atoms with van der Waals surface area (Å²) >= 11 is 0.838. The summed E-state index contributed by atoms with van der Waals surface area (Å²) in [4.78, 5) is 261. The first-order chi connectivity index (χ1) is 62.8. The van der Waals surface area contributed by atoms with E-state index in [9.17, 15) is 53.4 Å². The van der Waals surface area contributed by atoms with Crippen LogP contribution in [0, 0.1) is 17.2 Å². The fourth-order valence-corrected chi connectivity index (χ4v) is 17.4. The lowest BCUT2D eigenvalue weighted by atomic mass is 9.95. The number of guanidine groups is 1. The molecule has 2 aromatic heterocycles. The molecule has 0 unspecified atom stereocenters. The van der Waals surface area contributed by atoms with Gasteiger partial charge in [-0.05, 0) is 98.7 Å². The zero-order valence-corrected chi connectivity index (χ0v) is 76.7. The van der Waals surface area contributed by atoms with Crippen LogP contribution in [-0.4, -0.2) is 308 Å². The van der Waals surface area contributed by atoms with Crippen LogP contribution in [0.2, 0.25) is 0 Å². The van der Waals surface area contributed by atoms with Gasteiger partial charge in [-0.1, -0.05) is 102 Å². The van der Waals surface area contributed by atoms with Crippen molar-refractivity contribution in [3.05, 3.63) is 102 Å². The summed E-state index contributed by atoms with van der Waals surface area (Å²) in [7, 11) is 3.95. The van der Waals surface area contributed by atoms with Gasteiger partial charge in [0.1, 0.15) is 72.5 Å². The second kappa shape index (κ2) is 50.0. The number of carbonyl (C=O) groups excluding carboxylic acids is 17. The van der Waals surface area contributed by atoms with Crippen molar-refractivity contribution in [2.45, 2.75) is 228 Å². The number of hydrogen-bond acceptors (Lipinski definition) is 23. The van der Waals surface area contributed by atoms with E-state index in [-0.39, 0.29) is 95.4 Å². The second-order valence-electron chi connectivity index (χ2n) is 34.3. The summed E-state index contributed by atoms with van der Waals surface area (Å²) in [5.41, 5.74) is 32.1. The zero-order valence-electron chi connectivity index (χ0n) is 75.9. The molecule has 16 amide bonds. The molecule has 3 fully saturated rings. The normalized spacial score (nSPS) is 25.1. The predicted molar refractivity (Wildman–Crippen MR) is 490 cm³/mol. The number of likely N-dealkylation sites (N-methyl/N-ethyl adjacent to an activating group) is 3. The largest absolute Gasteiger partial charge is 0.399 e. The molecule has 3 saturated heterocycles. The molecule has 3 aliphatic heterocycles. The number of aliphatic hydroxyl groups excluding tert-OH is 2. The molecule has 3 aliphatic rings. The quantitative estimate of drug-likeness (QED) is 0.0120. The topological polar surface area (TPSA) is 653 Å². The van der Waals surface area contributed by atoms with Gasteiger partial charge in [-0.15, -0.1) is 0 Å². The maximum Gasteiger partial charge on any atom is 0.246 e. The maximum atomic E-state index is 15.7. The number of benzene rings is 3. The number of unbranched alkanes of at least 4 members (excludes halogenated alkanes) is 2. The highest BCUT2D eigenvalue weighted by Gasteiger charge is 2.47. The highest BCUT2D eigenvalue weighted by Crippen LogP contribution is 2.28. The number of ketones is 1. The summed E-state index contributed by atoms with van der Waals surface area (Å²) in [5, 5.41) is 58.1. The van der Waals surface area contributed by atoms with Crippen LogP contribution in [0.1, 0.15) is 141 Å². The van der Waals surface area contributed by atoms with Crippen LogP contribution in [-0.2, 0) is 101 Å². The summed E-state index contributed by atoms with van der Waals surface area (Å²) in [6.45, 7) is 5.55. The van der Waals surface area contributed by atoms with Crippen molar-refractivity contribution in [3.8, 4) is 0 Å². The number of primary amides is 2. The molecule has 132 heavy (non-hydrogen) atoms. The summed E-state index contributed by atoms with van der Waals surface area (Å²) in [6, 6.07) is 0.410. The first kappa shape index (κ1) is 105. The van der Waals surface area contributed by atoms with E-state index in [0.29, 0.717) is 69.9 Å². The standard InChI is InChI=1S/C89H129N23O19S/c1-9-11-24-68-81(124)101-60(23-17-31-96-89(94)95)72(115)37-53(77(120)99-43-74(93)117)46-132-47-75(118)100-63(34-50-27-29-54(91)30-28-50)84(127)108(6)49(5)76(119)103-65(39-73(92)116)86(129)111-32-18-26-69(111)82(125)106-66(40-90)79(122)104-62(33-48(3)4)87(130)112-44-55(114)38-71(112)83(126)102-61(35-51-41-97-58-21-15-13-19-56(51)58)78(121)107-67(45-113)80(123)105-64(36-52-42-98-59-22-16-14-20-57(52)59)85(128)110(8)70(25-12-10-2)88(131)109(68)7/h13-16,19-22,27-30,41-42,48-49,53,55,60-71,97-98,113-114H,9-12,17-18,23-26,31-40,43-47,90-91H2,1-8H3,(H2,92,116)(H2,93,117)(H,99,120)(H,100,118)(H,101,124)(H,102,126)(H,103,119)(H,104,122)(H,105,123)(H,106,125)(H,107,121)(H4,94,95,96)/t49-,53-,55+,60-,61-,62-,63-,64-,65-,66-,67-,68-,69-,70-,71-/m0/s1. The molecule has 25 N–H and O–H groups in total. The molecule has 720 valence electrons. The minimum atomic E-state index is -1.88. The van der Waals surface area contributed by atoms with Crippen LogP contribution < -0.4 is 81.8 Å². The van der Waals surface area contributed by atoms with Crippen molar-refractivity contribution in [3.63, 3.8) is 0 Å². The van der Waals surface area contributed by atoms with Crippen molar-refractivity contribution < 1.29 is 91.7 Å². The van der Waals surface area contributed by atoms with Gasteiger partial charge in [0.2, 0.25) is 94.5 Å². The number of para-hydroxylation sites is 2. The van der Waals surface area contributed by atoms with E-state index < -0.39 is 242 Å². The van der Waals surface area contributed by atoms with Crippen molar-refractivity contribution in [2.75, 3.05) is 77.7 Å². The Morgan fingerprint density at radius 3 is 1.69 bits per heavy atom. The van der Waals surface area contributed by atoms with Crippen LogP contribution in [0.5, 0.6) is 0 Å². The fourth-order valence-electron chi connectivity index (χ4n) is 16.5. The number of nitrogens with one attached hydrogen (secondary N) is 13. The number of hydrogen-bond donors (Lipinski definition) is 20. The molecule has 0 aliphatic carbocycles. The number of H-pyrrole nitrogens is 2. The number of aliphatic hydroxyl groups is 2. The number of carbonyl (C=O) groups is 17. The van der Waals surface area contributed by atoms with Crippen molar-refractivity contribution in [1.82, 2.24) is 87.6 Å². The number of Topliss-reactive ketones (excluding diaryl/α,β-unsaturated/α-hetero) is 1. The van der Waals surface area contributed by atoms with Gasteiger partial charge in [0.05, 0.1) is 43.4 Å². The molecule has 5 aromatic rings. The Bertz CT molecular complexity index is 4950. The first-order valence-electron chi connectivity index (χ1n) is 44.6. The Kier molecular flexibility index (Phi) is 39.6. The van der Waals surface area contributed by atoms with Crippen molar-refractivity contribution >= 4 is 146 Å².